The van der Waals surface area contributed by atoms with E-state index in [1.165, 1.54) is 41.3 Å². The summed E-state index contributed by atoms with van der Waals surface area (Å²) in [7, 11) is 0. The second kappa shape index (κ2) is 4.64. The van der Waals surface area contributed by atoms with Crippen LogP contribution in [0.2, 0.25) is 0 Å². The van der Waals surface area contributed by atoms with Gasteiger partial charge in [-0.25, -0.2) is 0 Å². The van der Waals surface area contributed by atoms with Gasteiger partial charge in [0.25, 0.3) is 0 Å². The fourth-order valence-electron chi connectivity index (χ4n) is 3.40. The summed E-state index contributed by atoms with van der Waals surface area (Å²) in [5.74, 6) is 0. The van der Waals surface area contributed by atoms with Crippen LogP contribution < -0.4 is 0 Å². The second-order valence-electron chi connectivity index (χ2n) is 6.71. The number of fused-ring (bicyclic) bond motifs is 1. The molecule has 1 aromatic rings. The summed E-state index contributed by atoms with van der Waals surface area (Å²) >= 11 is 3.58. The molecule has 1 aliphatic carbocycles. The Balaban J connectivity index is 1.68. The lowest BCUT2D eigenvalue weighted by Crippen LogP contribution is -2.36. The fraction of sp³-hybridized carbons (Fsp3) is 0.625. The molecule has 0 N–H and O–H groups in total. The summed E-state index contributed by atoms with van der Waals surface area (Å²) in [5.41, 5.74) is 3.63. The molecule has 1 aromatic carbocycles. The molecule has 18 heavy (non-hydrogen) atoms. The van der Waals surface area contributed by atoms with Gasteiger partial charge in [-0.05, 0) is 54.4 Å². The van der Waals surface area contributed by atoms with Crippen LogP contribution in [-0.2, 0) is 13.1 Å². The summed E-state index contributed by atoms with van der Waals surface area (Å²) < 4.78 is 1.22. The van der Waals surface area contributed by atoms with E-state index in [9.17, 15) is 0 Å². The molecule has 1 fully saturated rings. The van der Waals surface area contributed by atoms with E-state index in [1.54, 1.807) is 0 Å². The van der Waals surface area contributed by atoms with Crippen LogP contribution in [0.15, 0.2) is 22.7 Å². The van der Waals surface area contributed by atoms with E-state index < -0.39 is 0 Å². The standard InChI is InChI=1S/C16H22BrN/c1-16(2)7-5-15(6-8-16)18-10-12-3-4-14(17)9-13(12)11-18/h3-4,9,15H,5-8,10-11H2,1-2H3. The van der Waals surface area contributed by atoms with Crippen LogP contribution >= 0.6 is 15.9 Å². The van der Waals surface area contributed by atoms with Crippen molar-refractivity contribution in [3.63, 3.8) is 0 Å². The van der Waals surface area contributed by atoms with Crippen LogP contribution in [0.25, 0.3) is 0 Å². The molecule has 0 bridgehead atoms. The first-order chi connectivity index (χ1) is 8.53. The summed E-state index contributed by atoms with van der Waals surface area (Å²) in [6, 6.07) is 7.56. The van der Waals surface area contributed by atoms with Crippen molar-refractivity contribution in [2.75, 3.05) is 0 Å². The lowest BCUT2D eigenvalue weighted by atomic mass is 9.75. The van der Waals surface area contributed by atoms with Crippen LogP contribution in [0, 0.1) is 5.41 Å². The normalized spacial score (nSPS) is 24.2. The van der Waals surface area contributed by atoms with E-state index in [0.717, 1.165) is 19.1 Å². The summed E-state index contributed by atoms with van der Waals surface area (Å²) in [6.45, 7) is 7.14. The number of halogens is 1. The minimum Gasteiger partial charge on any atom is -0.292 e. The Morgan fingerprint density at radius 1 is 1.11 bits per heavy atom. The Morgan fingerprint density at radius 2 is 1.78 bits per heavy atom. The number of hydrogen-bond donors (Lipinski definition) is 0. The zero-order valence-electron chi connectivity index (χ0n) is 11.4. The van der Waals surface area contributed by atoms with Gasteiger partial charge < -0.3 is 0 Å². The molecular formula is C16H22BrN. The molecule has 0 spiro atoms. The highest BCUT2D eigenvalue weighted by Gasteiger charge is 2.32. The summed E-state index contributed by atoms with van der Waals surface area (Å²) in [5, 5.41) is 0. The smallest absolute Gasteiger partial charge is 0.0243 e. The average molecular weight is 308 g/mol. The molecule has 0 saturated heterocycles. The van der Waals surface area contributed by atoms with E-state index in [2.05, 4.69) is 52.9 Å². The largest absolute Gasteiger partial charge is 0.292 e. The Hall–Kier alpha value is -0.340. The van der Waals surface area contributed by atoms with Crippen molar-refractivity contribution < 1.29 is 0 Å². The van der Waals surface area contributed by atoms with Crippen LogP contribution in [-0.4, -0.2) is 10.9 Å². The van der Waals surface area contributed by atoms with Crippen LogP contribution in [0.3, 0.4) is 0 Å². The zero-order valence-corrected chi connectivity index (χ0v) is 13.0. The van der Waals surface area contributed by atoms with Gasteiger partial charge >= 0.3 is 0 Å². The number of nitrogens with zero attached hydrogens (tertiary/aromatic N) is 1. The molecule has 0 aromatic heterocycles. The van der Waals surface area contributed by atoms with Gasteiger partial charge in [0, 0.05) is 23.6 Å². The minimum absolute atomic E-state index is 0.575. The van der Waals surface area contributed by atoms with Gasteiger partial charge in [0.05, 0.1) is 0 Å². The maximum atomic E-state index is 3.58. The minimum atomic E-state index is 0.575. The van der Waals surface area contributed by atoms with Crippen LogP contribution in [0.4, 0.5) is 0 Å². The molecule has 2 heteroatoms. The van der Waals surface area contributed by atoms with Crippen LogP contribution in [0.5, 0.6) is 0 Å². The maximum Gasteiger partial charge on any atom is 0.0243 e. The van der Waals surface area contributed by atoms with Crippen molar-refractivity contribution in [1.82, 2.24) is 4.90 Å². The fourth-order valence-corrected chi connectivity index (χ4v) is 3.81. The first-order valence-corrected chi connectivity index (χ1v) is 7.84. The van der Waals surface area contributed by atoms with E-state index >= 15 is 0 Å². The average Bonchev–Trinajstić information content (AvgIpc) is 2.71. The Bertz CT molecular complexity index is 442. The highest BCUT2D eigenvalue weighted by molar-refractivity contribution is 9.10. The third-order valence-electron chi connectivity index (χ3n) is 4.74. The Kier molecular flexibility index (Phi) is 3.27. The van der Waals surface area contributed by atoms with Crippen molar-refractivity contribution in [3.05, 3.63) is 33.8 Å². The first-order valence-electron chi connectivity index (χ1n) is 7.05. The molecule has 0 unspecified atom stereocenters. The van der Waals surface area contributed by atoms with Crippen molar-refractivity contribution in [3.8, 4) is 0 Å². The van der Waals surface area contributed by atoms with Crippen molar-refractivity contribution in [2.45, 2.75) is 58.7 Å². The van der Waals surface area contributed by atoms with Gasteiger partial charge in [-0.1, -0.05) is 35.8 Å². The van der Waals surface area contributed by atoms with Gasteiger partial charge in [-0.15, -0.1) is 0 Å². The quantitative estimate of drug-likeness (QED) is 0.725. The third-order valence-corrected chi connectivity index (χ3v) is 5.23. The van der Waals surface area contributed by atoms with E-state index in [-0.39, 0.29) is 0 Å². The van der Waals surface area contributed by atoms with E-state index in [4.69, 9.17) is 0 Å². The maximum absolute atomic E-state index is 3.58. The third kappa shape index (κ3) is 2.50. The molecule has 1 heterocycles. The molecule has 1 saturated carbocycles. The molecule has 2 aliphatic rings. The highest BCUT2D eigenvalue weighted by atomic mass is 79.9. The van der Waals surface area contributed by atoms with Crippen molar-refractivity contribution >= 4 is 15.9 Å². The predicted octanol–water partition coefficient (Wildman–Crippen LogP) is 4.73. The van der Waals surface area contributed by atoms with Gasteiger partial charge in [0.15, 0.2) is 0 Å². The van der Waals surface area contributed by atoms with Crippen molar-refractivity contribution in [1.29, 1.82) is 0 Å². The topological polar surface area (TPSA) is 3.24 Å². The Morgan fingerprint density at radius 3 is 2.50 bits per heavy atom. The van der Waals surface area contributed by atoms with Crippen molar-refractivity contribution in [2.24, 2.45) is 5.41 Å². The monoisotopic (exact) mass is 307 g/mol. The molecule has 0 radical (unpaired) electrons. The Labute approximate surface area is 119 Å². The van der Waals surface area contributed by atoms with Gasteiger partial charge in [0.1, 0.15) is 0 Å². The number of benzene rings is 1. The van der Waals surface area contributed by atoms with Gasteiger partial charge in [-0.3, -0.25) is 4.90 Å². The summed E-state index contributed by atoms with van der Waals surface area (Å²) in [4.78, 5) is 2.69. The molecule has 0 atom stereocenters. The second-order valence-corrected chi connectivity index (χ2v) is 7.63. The molecule has 1 nitrogen and oxygen atoms in total. The summed E-state index contributed by atoms with van der Waals surface area (Å²) in [6.07, 6.45) is 5.52. The predicted molar refractivity (Wildman–Crippen MR) is 79.4 cm³/mol. The number of hydrogen-bond acceptors (Lipinski definition) is 1. The highest BCUT2D eigenvalue weighted by Crippen LogP contribution is 2.39. The lowest BCUT2D eigenvalue weighted by molar-refractivity contribution is 0.105. The first kappa shape index (κ1) is 12.7. The van der Waals surface area contributed by atoms with E-state index in [0.29, 0.717) is 5.41 Å². The molecular weight excluding hydrogens is 286 g/mol. The molecule has 3 rings (SSSR count). The molecule has 1 aliphatic heterocycles. The van der Waals surface area contributed by atoms with Gasteiger partial charge in [0.2, 0.25) is 0 Å². The van der Waals surface area contributed by atoms with E-state index in [1.807, 2.05) is 0 Å². The van der Waals surface area contributed by atoms with Gasteiger partial charge in [-0.2, -0.15) is 0 Å². The number of rotatable bonds is 1. The molecule has 0 amide bonds. The SMILES string of the molecule is CC1(C)CCC(N2Cc3ccc(Br)cc3C2)CC1. The van der Waals surface area contributed by atoms with Crippen LogP contribution in [0.1, 0.15) is 50.7 Å². The lowest BCUT2D eigenvalue weighted by Gasteiger charge is -2.38. The zero-order chi connectivity index (χ0) is 12.8. The molecule has 98 valence electrons.